The molecule has 2 aromatic carbocycles. The molecule has 0 fully saturated rings. The number of carbonyl (C=O) groups is 2. The summed E-state index contributed by atoms with van der Waals surface area (Å²) in [5.41, 5.74) is 2.89. The third-order valence-corrected chi connectivity index (χ3v) is 4.92. The van der Waals surface area contributed by atoms with Crippen LogP contribution in [0, 0.1) is 6.92 Å². The summed E-state index contributed by atoms with van der Waals surface area (Å²) in [7, 11) is 0. The van der Waals surface area contributed by atoms with Gasteiger partial charge in [0.1, 0.15) is 11.4 Å². The highest BCUT2D eigenvalue weighted by molar-refractivity contribution is 6.36. The number of hydrogen-bond donors (Lipinski definition) is 1. The molecule has 1 N–H and O–H groups in total. The molecular weight excluding hydrogens is 376 g/mol. The summed E-state index contributed by atoms with van der Waals surface area (Å²) in [6, 6.07) is 12.6. The summed E-state index contributed by atoms with van der Waals surface area (Å²) in [6.45, 7) is 6.68. The van der Waals surface area contributed by atoms with Gasteiger partial charge in [-0.05, 0) is 55.7 Å². The van der Waals surface area contributed by atoms with Crippen molar-refractivity contribution in [3.8, 4) is 5.75 Å². The Hall–Kier alpha value is -2.79. The van der Waals surface area contributed by atoms with Crippen LogP contribution in [0.25, 0.3) is 5.57 Å². The lowest BCUT2D eigenvalue weighted by atomic mass is 10.0. The predicted octanol–water partition coefficient (Wildman–Crippen LogP) is 4.65. The molecule has 0 radical (unpaired) electrons. The first-order chi connectivity index (χ1) is 13.5. The Morgan fingerprint density at radius 1 is 1.04 bits per heavy atom. The van der Waals surface area contributed by atoms with Crippen LogP contribution in [0.15, 0.2) is 48.2 Å². The van der Waals surface area contributed by atoms with Gasteiger partial charge in [-0.25, -0.2) is 0 Å². The molecule has 1 aliphatic rings. The molecule has 1 aliphatic heterocycles. The van der Waals surface area contributed by atoms with Crippen LogP contribution in [0.2, 0.25) is 5.02 Å². The zero-order valence-electron chi connectivity index (χ0n) is 16.2. The van der Waals surface area contributed by atoms with Crippen LogP contribution in [0.5, 0.6) is 5.75 Å². The second-order valence-corrected chi connectivity index (χ2v) is 6.97. The maximum atomic E-state index is 13.0. The molecule has 146 valence electrons. The first-order valence-corrected chi connectivity index (χ1v) is 9.71. The molecule has 6 heteroatoms. The minimum atomic E-state index is -0.326. The third-order valence-electron chi connectivity index (χ3n) is 4.51. The van der Waals surface area contributed by atoms with Gasteiger partial charge in [0.15, 0.2) is 0 Å². The third kappa shape index (κ3) is 3.90. The van der Waals surface area contributed by atoms with Crippen molar-refractivity contribution in [2.24, 2.45) is 0 Å². The highest BCUT2D eigenvalue weighted by atomic mass is 35.5. The lowest BCUT2D eigenvalue weighted by molar-refractivity contribution is -0.136. The van der Waals surface area contributed by atoms with Gasteiger partial charge in [0.25, 0.3) is 11.8 Å². The number of aryl methyl sites for hydroxylation is 1. The van der Waals surface area contributed by atoms with Crippen LogP contribution in [0.4, 0.5) is 5.69 Å². The van der Waals surface area contributed by atoms with Crippen LogP contribution < -0.4 is 10.1 Å². The van der Waals surface area contributed by atoms with E-state index in [9.17, 15) is 9.59 Å². The smallest absolute Gasteiger partial charge is 0.278 e. The number of anilines is 1. The summed E-state index contributed by atoms with van der Waals surface area (Å²) in [5, 5.41) is 3.71. The van der Waals surface area contributed by atoms with Gasteiger partial charge in [0, 0.05) is 17.3 Å². The van der Waals surface area contributed by atoms with E-state index in [4.69, 9.17) is 16.3 Å². The zero-order valence-corrected chi connectivity index (χ0v) is 17.0. The molecule has 0 saturated carbocycles. The number of benzene rings is 2. The zero-order chi connectivity index (χ0) is 20.3. The van der Waals surface area contributed by atoms with Gasteiger partial charge in [0.05, 0.1) is 12.2 Å². The summed E-state index contributed by atoms with van der Waals surface area (Å²) >= 11 is 6.21. The lowest BCUT2D eigenvalue weighted by Crippen LogP contribution is -2.33. The molecule has 5 nitrogen and oxygen atoms in total. The van der Waals surface area contributed by atoms with Crippen molar-refractivity contribution >= 4 is 34.7 Å². The van der Waals surface area contributed by atoms with Gasteiger partial charge in [-0.2, -0.15) is 0 Å². The maximum Gasteiger partial charge on any atom is 0.278 e. The van der Waals surface area contributed by atoms with Crippen molar-refractivity contribution in [3.05, 3.63) is 64.3 Å². The van der Waals surface area contributed by atoms with Gasteiger partial charge in [-0.15, -0.1) is 0 Å². The molecule has 0 aromatic heterocycles. The number of amides is 2. The second-order valence-electron chi connectivity index (χ2n) is 6.56. The highest BCUT2D eigenvalue weighted by Gasteiger charge is 2.38. The van der Waals surface area contributed by atoms with E-state index < -0.39 is 0 Å². The van der Waals surface area contributed by atoms with E-state index in [1.807, 2.05) is 32.9 Å². The summed E-state index contributed by atoms with van der Waals surface area (Å²) < 4.78 is 5.47. The normalized spacial score (nSPS) is 14.1. The van der Waals surface area contributed by atoms with Crippen LogP contribution in [0.3, 0.4) is 0 Å². The second kappa shape index (κ2) is 8.48. The van der Waals surface area contributed by atoms with Crippen molar-refractivity contribution in [1.29, 1.82) is 0 Å². The van der Waals surface area contributed by atoms with Crippen LogP contribution in [-0.2, 0) is 9.59 Å². The Balaban J connectivity index is 2.03. The monoisotopic (exact) mass is 398 g/mol. The van der Waals surface area contributed by atoms with Crippen LogP contribution in [-0.4, -0.2) is 29.9 Å². The lowest BCUT2D eigenvalue weighted by Gasteiger charge is -2.14. The molecule has 2 amide bonds. The number of carbonyl (C=O) groups excluding carboxylic acids is 2. The van der Waals surface area contributed by atoms with Gasteiger partial charge >= 0.3 is 0 Å². The Bertz CT molecular complexity index is 935. The number of nitrogens with one attached hydrogen (secondary N) is 1. The predicted molar refractivity (Wildman–Crippen MR) is 111 cm³/mol. The van der Waals surface area contributed by atoms with E-state index >= 15 is 0 Å². The summed E-state index contributed by atoms with van der Waals surface area (Å²) in [5.74, 6) is 0.0954. The molecule has 0 spiro atoms. The minimum absolute atomic E-state index is 0.266. The molecule has 3 rings (SSSR count). The van der Waals surface area contributed by atoms with E-state index in [1.165, 1.54) is 4.90 Å². The number of ether oxygens (including phenoxy) is 1. The fraction of sp³-hybridized carbons (Fsp3) is 0.273. The minimum Gasteiger partial charge on any atom is -0.494 e. The molecule has 0 atom stereocenters. The van der Waals surface area contributed by atoms with Gasteiger partial charge in [-0.3, -0.25) is 14.5 Å². The van der Waals surface area contributed by atoms with Crippen molar-refractivity contribution in [1.82, 2.24) is 4.90 Å². The summed E-state index contributed by atoms with van der Waals surface area (Å²) in [4.78, 5) is 27.2. The van der Waals surface area contributed by atoms with Gasteiger partial charge < -0.3 is 10.1 Å². The molecule has 0 saturated heterocycles. The maximum absolute atomic E-state index is 13.0. The quantitative estimate of drug-likeness (QED) is 0.690. The fourth-order valence-corrected chi connectivity index (χ4v) is 3.27. The van der Waals surface area contributed by atoms with E-state index in [2.05, 4.69) is 5.32 Å². The van der Waals surface area contributed by atoms with Crippen molar-refractivity contribution in [2.45, 2.75) is 27.2 Å². The topological polar surface area (TPSA) is 58.6 Å². The van der Waals surface area contributed by atoms with Gasteiger partial charge in [0.2, 0.25) is 0 Å². The molecule has 1 heterocycles. The average molecular weight is 399 g/mol. The molecule has 2 aromatic rings. The first-order valence-electron chi connectivity index (χ1n) is 9.33. The number of nitrogens with zero attached hydrogens (tertiary/aromatic N) is 1. The molecule has 28 heavy (non-hydrogen) atoms. The largest absolute Gasteiger partial charge is 0.494 e. The molecular formula is C22H23ClN2O3. The summed E-state index contributed by atoms with van der Waals surface area (Å²) in [6.07, 6.45) is 0.692. The Morgan fingerprint density at radius 2 is 1.75 bits per heavy atom. The highest BCUT2D eigenvalue weighted by Crippen LogP contribution is 2.32. The Kier molecular flexibility index (Phi) is 6.05. The Morgan fingerprint density at radius 3 is 2.36 bits per heavy atom. The van der Waals surface area contributed by atoms with E-state index in [0.29, 0.717) is 47.2 Å². The van der Waals surface area contributed by atoms with Crippen molar-refractivity contribution < 1.29 is 14.3 Å². The number of hydrogen-bond acceptors (Lipinski definition) is 4. The number of rotatable bonds is 7. The van der Waals surface area contributed by atoms with E-state index in [-0.39, 0.29) is 17.5 Å². The number of halogens is 1. The van der Waals surface area contributed by atoms with Crippen molar-refractivity contribution in [2.75, 3.05) is 18.5 Å². The number of imide groups is 1. The Labute approximate surface area is 169 Å². The van der Waals surface area contributed by atoms with Crippen LogP contribution in [0.1, 0.15) is 31.4 Å². The standard InChI is InChI=1S/C22H23ClN2O3/c1-4-12-25-21(26)19(15-7-10-17(11-8-15)28-5-2)20(22(25)27)24-16-9-6-14(3)18(23)13-16/h6-11,13,24H,4-5,12H2,1-3H3. The van der Waals surface area contributed by atoms with E-state index in [1.54, 1.807) is 30.3 Å². The van der Waals surface area contributed by atoms with Crippen molar-refractivity contribution in [3.63, 3.8) is 0 Å². The SMILES string of the molecule is CCCN1C(=O)C(Nc2ccc(C)c(Cl)c2)=C(c2ccc(OCC)cc2)C1=O. The first kappa shape index (κ1) is 20.0. The molecule has 0 bridgehead atoms. The van der Waals surface area contributed by atoms with Gasteiger partial charge in [-0.1, -0.05) is 36.7 Å². The van der Waals surface area contributed by atoms with Crippen LogP contribution >= 0.6 is 11.6 Å². The molecule has 0 aliphatic carbocycles. The molecule has 0 unspecified atom stereocenters. The fourth-order valence-electron chi connectivity index (χ4n) is 3.09. The average Bonchev–Trinajstić information content (AvgIpc) is 2.90. The van der Waals surface area contributed by atoms with E-state index in [0.717, 1.165) is 5.56 Å².